The lowest BCUT2D eigenvalue weighted by atomic mass is 10.1. The molecule has 3 rings (SSSR count). The van der Waals surface area contributed by atoms with Crippen LogP contribution in [0.5, 0.6) is 0 Å². The lowest BCUT2D eigenvalue weighted by Gasteiger charge is -2.35. The third kappa shape index (κ3) is 5.18. The monoisotopic (exact) mass is 367 g/mol. The minimum atomic E-state index is 0.262. The molecule has 0 aliphatic carbocycles. The average molecular weight is 367 g/mol. The van der Waals surface area contributed by atoms with Gasteiger partial charge in [0.1, 0.15) is 17.5 Å². The minimum Gasteiger partial charge on any atom is -0.363 e. The van der Waals surface area contributed by atoms with Crippen LogP contribution < -0.4 is 9.80 Å². The second-order valence-corrected chi connectivity index (χ2v) is 7.23. The van der Waals surface area contributed by atoms with Gasteiger partial charge >= 0.3 is 0 Å². The fraction of sp³-hybridized carbons (Fsp3) is 0.476. The predicted molar refractivity (Wildman–Crippen MR) is 109 cm³/mol. The Bertz CT molecular complexity index is 754. The number of rotatable bonds is 6. The summed E-state index contributed by atoms with van der Waals surface area (Å²) in [7, 11) is 3.97. The molecule has 2 aromatic rings. The predicted octanol–water partition coefficient (Wildman–Crippen LogP) is 2.52. The molecule has 6 nitrogen and oxygen atoms in total. The number of benzene rings is 1. The van der Waals surface area contributed by atoms with Crippen LogP contribution in [0.4, 0.5) is 11.6 Å². The summed E-state index contributed by atoms with van der Waals surface area (Å²) in [6.07, 6.45) is 2.48. The molecular formula is C21H29N5O. The van der Waals surface area contributed by atoms with E-state index in [-0.39, 0.29) is 5.91 Å². The van der Waals surface area contributed by atoms with Gasteiger partial charge in [-0.2, -0.15) is 0 Å². The molecule has 0 N–H and O–H groups in total. The van der Waals surface area contributed by atoms with Gasteiger partial charge in [0.15, 0.2) is 0 Å². The third-order valence-corrected chi connectivity index (χ3v) is 4.92. The molecule has 0 unspecified atom stereocenters. The number of hydrogen-bond donors (Lipinski definition) is 0. The van der Waals surface area contributed by atoms with Gasteiger partial charge in [-0.1, -0.05) is 30.3 Å². The lowest BCUT2D eigenvalue weighted by Crippen LogP contribution is -2.49. The number of aryl methyl sites for hydroxylation is 2. The van der Waals surface area contributed by atoms with Crippen LogP contribution in [0.1, 0.15) is 24.2 Å². The number of hydrogen-bond acceptors (Lipinski definition) is 5. The summed E-state index contributed by atoms with van der Waals surface area (Å²) < 4.78 is 0. The number of carbonyl (C=O) groups is 1. The number of carbonyl (C=O) groups excluding carboxylic acids is 1. The topological polar surface area (TPSA) is 52.6 Å². The molecule has 0 bridgehead atoms. The van der Waals surface area contributed by atoms with Gasteiger partial charge in [0, 0.05) is 52.8 Å². The zero-order valence-electron chi connectivity index (χ0n) is 16.6. The summed E-state index contributed by atoms with van der Waals surface area (Å²) in [6.45, 7) is 5.06. The molecule has 1 aliphatic heterocycles. The largest absolute Gasteiger partial charge is 0.363 e. The average Bonchev–Trinajstić information content (AvgIpc) is 2.68. The molecule has 1 aromatic heterocycles. The van der Waals surface area contributed by atoms with E-state index >= 15 is 0 Å². The van der Waals surface area contributed by atoms with Crippen molar-refractivity contribution in [3.8, 4) is 0 Å². The van der Waals surface area contributed by atoms with E-state index < -0.39 is 0 Å². The second kappa shape index (κ2) is 8.84. The number of amides is 1. The highest BCUT2D eigenvalue weighted by atomic mass is 16.2. The van der Waals surface area contributed by atoms with Gasteiger partial charge < -0.3 is 14.7 Å². The summed E-state index contributed by atoms with van der Waals surface area (Å²) >= 11 is 0. The van der Waals surface area contributed by atoms with E-state index in [9.17, 15) is 4.79 Å². The SMILES string of the molecule is Cc1nc(N(C)C)cc(N2CCN(C(=O)CCCc3ccccc3)CC2)n1. The highest BCUT2D eigenvalue weighted by Gasteiger charge is 2.22. The van der Waals surface area contributed by atoms with E-state index in [0.29, 0.717) is 6.42 Å². The first kappa shape index (κ1) is 19.1. The normalized spacial score (nSPS) is 14.3. The molecule has 1 fully saturated rings. The molecule has 1 amide bonds. The van der Waals surface area contributed by atoms with Gasteiger partial charge in [-0.05, 0) is 25.3 Å². The highest BCUT2D eigenvalue weighted by molar-refractivity contribution is 5.76. The molecule has 1 aliphatic rings. The maximum absolute atomic E-state index is 12.5. The van der Waals surface area contributed by atoms with E-state index in [1.807, 2.05) is 55.1 Å². The Balaban J connectivity index is 1.49. The van der Waals surface area contributed by atoms with Gasteiger partial charge in [0.05, 0.1) is 0 Å². The van der Waals surface area contributed by atoms with Crippen LogP contribution in [-0.4, -0.2) is 61.0 Å². The van der Waals surface area contributed by atoms with Crippen LogP contribution in [0.3, 0.4) is 0 Å². The van der Waals surface area contributed by atoms with E-state index in [2.05, 4.69) is 27.0 Å². The van der Waals surface area contributed by atoms with Crippen molar-refractivity contribution in [2.24, 2.45) is 0 Å². The molecule has 0 radical (unpaired) electrons. The Kier molecular flexibility index (Phi) is 6.27. The molecule has 0 spiro atoms. The Morgan fingerprint density at radius 2 is 1.78 bits per heavy atom. The maximum Gasteiger partial charge on any atom is 0.222 e. The second-order valence-electron chi connectivity index (χ2n) is 7.23. The molecular weight excluding hydrogens is 338 g/mol. The molecule has 2 heterocycles. The fourth-order valence-corrected chi connectivity index (χ4v) is 3.36. The van der Waals surface area contributed by atoms with Crippen LogP contribution >= 0.6 is 0 Å². The summed E-state index contributed by atoms with van der Waals surface area (Å²) in [5.41, 5.74) is 1.30. The molecule has 0 saturated carbocycles. The first-order valence-corrected chi connectivity index (χ1v) is 9.62. The number of piperazine rings is 1. The Labute approximate surface area is 161 Å². The smallest absolute Gasteiger partial charge is 0.222 e. The zero-order valence-corrected chi connectivity index (χ0v) is 16.6. The molecule has 27 heavy (non-hydrogen) atoms. The zero-order chi connectivity index (χ0) is 19.2. The van der Waals surface area contributed by atoms with Crippen LogP contribution in [0, 0.1) is 6.92 Å². The van der Waals surface area contributed by atoms with E-state index in [0.717, 1.165) is 56.5 Å². The van der Waals surface area contributed by atoms with Gasteiger partial charge in [-0.25, -0.2) is 9.97 Å². The highest BCUT2D eigenvalue weighted by Crippen LogP contribution is 2.19. The van der Waals surface area contributed by atoms with Crippen molar-refractivity contribution >= 4 is 17.5 Å². The van der Waals surface area contributed by atoms with Crippen molar-refractivity contribution in [1.82, 2.24) is 14.9 Å². The number of nitrogens with zero attached hydrogens (tertiary/aromatic N) is 5. The quantitative estimate of drug-likeness (QED) is 0.785. The Morgan fingerprint density at radius 3 is 2.44 bits per heavy atom. The summed E-state index contributed by atoms with van der Waals surface area (Å²) in [5.74, 6) is 2.90. The number of anilines is 2. The van der Waals surface area contributed by atoms with Crippen molar-refractivity contribution < 1.29 is 4.79 Å². The molecule has 144 valence electrons. The van der Waals surface area contributed by atoms with Gasteiger partial charge in [-0.15, -0.1) is 0 Å². The summed E-state index contributed by atoms with van der Waals surface area (Å²) in [6, 6.07) is 12.4. The molecule has 0 atom stereocenters. The summed E-state index contributed by atoms with van der Waals surface area (Å²) in [5, 5.41) is 0. The van der Waals surface area contributed by atoms with Crippen molar-refractivity contribution in [1.29, 1.82) is 0 Å². The van der Waals surface area contributed by atoms with Gasteiger partial charge in [-0.3, -0.25) is 4.79 Å². The van der Waals surface area contributed by atoms with E-state index in [1.165, 1.54) is 5.56 Å². The Hall–Kier alpha value is -2.63. The van der Waals surface area contributed by atoms with E-state index in [1.54, 1.807) is 0 Å². The van der Waals surface area contributed by atoms with Crippen molar-refractivity contribution in [2.45, 2.75) is 26.2 Å². The van der Waals surface area contributed by atoms with Crippen LogP contribution in [0.15, 0.2) is 36.4 Å². The van der Waals surface area contributed by atoms with Crippen molar-refractivity contribution in [2.75, 3.05) is 50.1 Å². The molecule has 1 aromatic carbocycles. The van der Waals surface area contributed by atoms with Crippen LogP contribution in [-0.2, 0) is 11.2 Å². The lowest BCUT2D eigenvalue weighted by molar-refractivity contribution is -0.131. The Morgan fingerprint density at radius 1 is 1.07 bits per heavy atom. The van der Waals surface area contributed by atoms with Gasteiger partial charge in [0.2, 0.25) is 5.91 Å². The van der Waals surface area contributed by atoms with Crippen molar-refractivity contribution in [3.63, 3.8) is 0 Å². The fourth-order valence-electron chi connectivity index (χ4n) is 3.36. The van der Waals surface area contributed by atoms with Crippen molar-refractivity contribution in [3.05, 3.63) is 47.8 Å². The van der Waals surface area contributed by atoms with Gasteiger partial charge in [0.25, 0.3) is 0 Å². The first-order valence-electron chi connectivity index (χ1n) is 9.62. The number of aromatic nitrogens is 2. The first-order chi connectivity index (χ1) is 13.0. The third-order valence-electron chi connectivity index (χ3n) is 4.92. The van der Waals surface area contributed by atoms with Crippen LogP contribution in [0.25, 0.3) is 0 Å². The minimum absolute atomic E-state index is 0.262. The van der Waals surface area contributed by atoms with Crippen LogP contribution in [0.2, 0.25) is 0 Å². The molecule has 1 saturated heterocycles. The summed E-state index contributed by atoms with van der Waals surface area (Å²) in [4.78, 5) is 27.8. The maximum atomic E-state index is 12.5. The molecule has 6 heteroatoms. The van der Waals surface area contributed by atoms with E-state index in [4.69, 9.17) is 0 Å². The standard InChI is InChI=1S/C21H29N5O/c1-17-22-19(24(2)3)16-20(23-17)25-12-14-26(15-13-25)21(27)11-7-10-18-8-5-4-6-9-18/h4-6,8-9,16H,7,10-15H2,1-3H3.